The van der Waals surface area contributed by atoms with Crippen LogP contribution < -0.4 is 0 Å². The fourth-order valence-corrected chi connectivity index (χ4v) is 2.44. The Hall–Kier alpha value is -1.82. The minimum Gasteiger partial charge on any atom is -0.353 e. The van der Waals surface area contributed by atoms with Crippen LogP contribution in [0.2, 0.25) is 0 Å². The van der Waals surface area contributed by atoms with Crippen LogP contribution in [0, 0.1) is 11.8 Å². The Morgan fingerprint density at radius 3 is 2.90 bits per heavy atom. The number of ether oxygens (including phenoxy) is 2. The predicted molar refractivity (Wildman–Crippen MR) is 80.4 cm³/mol. The van der Waals surface area contributed by atoms with Gasteiger partial charge in [0.1, 0.15) is 6.61 Å². The van der Waals surface area contributed by atoms with Crippen molar-refractivity contribution in [1.82, 2.24) is 0 Å². The van der Waals surface area contributed by atoms with Gasteiger partial charge in [-0.15, -0.1) is 0 Å². The minimum absolute atomic E-state index is 0.0643. The molecule has 0 spiro atoms. The molecule has 20 heavy (non-hydrogen) atoms. The summed E-state index contributed by atoms with van der Waals surface area (Å²) in [5.41, 5.74) is 1.05. The molecule has 1 heterocycles. The van der Waals surface area contributed by atoms with E-state index in [1.165, 1.54) is 17.2 Å². The third-order valence-electron chi connectivity index (χ3n) is 3.49. The minimum atomic E-state index is -0.0643. The first-order valence-corrected chi connectivity index (χ1v) is 7.13. The van der Waals surface area contributed by atoms with Gasteiger partial charge in [-0.3, -0.25) is 0 Å². The van der Waals surface area contributed by atoms with Gasteiger partial charge in [-0.25, -0.2) is 0 Å². The summed E-state index contributed by atoms with van der Waals surface area (Å²) in [5.74, 6) is 6.29. The second kappa shape index (κ2) is 6.56. The van der Waals surface area contributed by atoms with E-state index in [2.05, 4.69) is 30.0 Å². The first kappa shape index (κ1) is 13.2. The highest BCUT2D eigenvalue weighted by Crippen LogP contribution is 2.17. The summed E-state index contributed by atoms with van der Waals surface area (Å²) >= 11 is 0. The second-order valence-electron chi connectivity index (χ2n) is 4.94. The fraction of sp³-hybridized carbons (Fsp3) is 0.333. The molecule has 0 saturated carbocycles. The van der Waals surface area contributed by atoms with E-state index >= 15 is 0 Å². The van der Waals surface area contributed by atoms with E-state index in [-0.39, 0.29) is 6.29 Å². The van der Waals surface area contributed by atoms with E-state index in [0.29, 0.717) is 6.61 Å². The molecule has 1 aliphatic heterocycles. The molecular formula is C18H18O2. The molecule has 0 radical (unpaired) electrons. The van der Waals surface area contributed by atoms with E-state index in [9.17, 15) is 0 Å². The standard InChI is InChI=1S/C18H18O2/c1-2-11-17-15(7-1)8-5-9-16(17)10-6-14-20-18-12-3-4-13-19-18/h1-2,5,7-9,11,18H,3-4,12-14H2. The molecule has 2 aromatic carbocycles. The molecule has 1 aliphatic rings. The van der Waals surface area contributed by atoms with Crippen LogP contribution in [0.3, 0.4) is 0 Å². The molecule has 1 unspecified atom stereocenters. The maximum Gasteiger partial charge on any atom is 0.158 e. The third-order valence-corrected chi connectivity index (χ3v) is 3.49. The van der Waals surface area contributed by atoms with Crippen LogP contribution in [0.5, 0.6) is 0 Å². The van der Waals surface area contributed by atoms with Gasteiger partial charge in [0, 0.05) is 12.2 Å². The van der Waals surface area contributed by atoms with Crippen LogP contribution in [0.25, 0.3) is 10.8 Å². The normalized spacial score (nSPS) is 18.5. The van der Waals surface area contributed by atoms with Gasteiger partial charge >= 0.3 is 0 Å². The molecule has 0 amide bonds. The first-order chi connectivity index (χ1) is 9.93. The lowest BCUT2D eigenvalue weighted by Crippen LogP contribution is -2.22. The summed E-state index contributed by atoms with van der Waals surface area (Å²) in [5, 5.41) is 2.41. The Labute approximate surface area is 119 Å². The van der Waals surface area contributed by atoms with Gasteiger partial charge in [-0.2, -0.15) is 0 Å². The molecular weight excluding hydrogens is 248 g/mol. The number of rotatable bonds is 2. The molecule has 102 valence electrons. The summed E-state index contributed by atoms with van der Waals surface area (Å²) in [7, 11) is 0. The predicted octanol–water partition coefficient (Wildman–Crippen LogP) is 3.73. The molecule has 0 aliphatic carbocycles. The summed E-state index contributed by atoms with van der Waals surface area (Å²) in [4.78, 5) is 0. The zero-order chi connectivity index (χ0) is 13.6. The van der Waals surface area contributed by atoms with Gasteiger partial charge in [0.15, 0.2) is 6.29 Å². The van der Waals surface area contributed by atoms with Crippen LogP contribution in [-0.2, 0) is 9.47 Å². The lowest BCUT2D eigenvalue weighted by Gasteiger charge is -2.21. The first-order valence-electron chi connectivity index (χ1n) is 7.13. The van der Waals surface area contributed by atoms with E-state index in [1.807, 2.05) is 24.3 Å². The molecule has 0 N–H and O–H groups in total. The van der Waals surface area contributed by atoms with Gasteiger partial charge in [-0.1, -0.05) is 48.2 Å². The van der Waals surface area contributed by atoms with Gasteiger partial charge < -0.3 is 9.47 Å². The third kappa shape index (κ3) is 3.19. The summed E-state index contributed by atoms with van der Waals surface area (Å²) < 4.78 is 11.1. The highest BCUT2D eigenvalue weighted by molar-refractivity contribution is 5.88. The second-order valence-corrected chi connectivity index (χ2v) is 4.94. The summed E-state index contributed by atoms with van der Waals surface area (Å²) in [6, 6.07) is 14.5. The van der Waals surface area contributed by atoms with Crippen molar-refractivity contribution in [2.75, 3.05) is 13.2 Å². The van der Waals surface area contributed by atoms with Crippen molar-refractivity contribution in [2.24, 2.45) is 0 Å². The molecule has 1 atom stereocenters. The van der Waals surface area contributed by atoms with Gasteiger partial charge in [0.05, 0.1) is 0 Å². The monoisotopic (exact) mass is 266 g/mol. The average molecular weight is 266 g/mol. The van der Waals surface area contributed by atoms with Crippen LogP contribution in [0.15, 0.2) is 42.5 Å². The van der Waals surface area contributed by atoms with Gasteiger partial charge in [0.2, 0.25) is 0 Å². The number of hydrogen-bond donors (Lipinski definition) is 0. The summed E-state index contributed by atoms with van der Waals surface area (Å²) in [6.45, 7) is 1.23. The van der Waals surface area contributed by atoms with Crippen molar-refractivity contribution in [2.45, 2.75) is 25.6 Å². The molecule has 0 aromatic heterocycles. The highest BCUT2D eigenvalue weighted by Gasteiger charge is 2.12. The zero-order valence-corrected chi connectivity index (χ0v) is 11.5. The summed E-state index contributed by atoms with van der Waals surface area (Å²) in [6.07, 6.45) is 3.24. The Bertz CT molecular complexity index is 625. The molecule has 1 saturated heterocycles. The van der Waals surface area contributed by atoms with Crippen molar-refractivity contribution in [3.8, 4) is 11.8 Å². The lowest BCUT2D eigenvalue weighted by atomic mass is 10.1. The molecule has 1 fully saturated rings. The highest BCUT2D eigenvalue weighted by atomic mass is 16.7. The number of fused-ring (bicyclic) bond motifs is 1. The Morgan fingerprint density at radius 1 is 1.10 bits per heavy atom. The molecule has 3 rings (SSSR count). The van der Waals surface area contributed by atoms with Crippen molar-refractivity contribution < 1.29 is 9.47 Å². The van der Waals surface area contributed by atoms with Crippen LogP contribution in [-0.4, -0.2) is 19.5 Å². The smallest absolute Gasteiger partial charge is 0.158 e. The number of hydrogen-bond acceptors (Lipinski definition) is 2. The van der Waals surface area contributed by atoms with E-state index in [0.717, 1.165) is 25.0 Å². The molecule has 2 nitrogen and oxygen atoms in total. The van der Waals surface area contributed by atoms with Crippen molar-refractivity contribution in [1.29, 1.82) is 0 Å². The largest absolute Gasteiger partial charge is 0.353 e. The molecule has 2 aromatic rings. The molecule has 0 bridgehead atoms. The maximum atomic E-state index is 5.62. The van der Waals surface area contributed by atoms with Gasteiger partial charge in [-0.05, 0) is 36.1 Å². The average Bonchev–Trinajstić information content (AvgIpc) is 2.53. The molecule has 2 heteroatoms. The van der Waals surface area contributed by atoms with E-state index in [4.69, 9.17) is 9.47 Å². The van der Waals surface area contributed by atoms with Crippen molar-refractivity contribution in [3.05, 3.63) is 48.0 Å². The number of benzene rings is 2. The Balaban J connectivity index is 1.66. The Morgan fingerprint density at radius 2 is 2.00 bits per heavy atom. The zero-order valence-electron chi connectivity index (χ0n) is 11.5. The quantitative estimate of drug-likeness (QED) is 0.771. The lowest BCUT2D eigenvalue weighted by molar-refractivity contribution is -0.154. The van der Waals surface area contributed by atoms with Gasteiger partial charge in [0.25, 0.3) is 0 Å². The maximum absolute atomic E-state index is 5.62. The van der Waals surface area contributed by atoms with Crippen LogP contribution in [0.1, 0.15) is 24.8 Å². The topological polar surface area (TPSA) is 18.5 Å². The fourth-order valence-electron chi connectivity index (χ4n) is 2.44. The van der Waals surface area contributed by atoms with Crippen molar-refractivity contribution in [3.63, 3.8) is 0 Å². The SMILES string of the molecule is C(#Cc1cccc2ccccc12)COC1CCCCO1. The van der Waals surface area contributed by atoms with E-state index < -0.39 is 0 Å². The van der Waals surface area contributed by atoms with Crippen LogP contribution in [0.4, 0.5) is 0 Å². The Kier molecular flexibility index (Phi) is 4.32. The van der Waals surface area contributed by atoms with Crippen molar-refractivity contribution >= 4 is 10.8 Å². The van der Waals surface area contributed by atoms with Crippen LogP contribution >= 0.6 is 0 Å². The van der Waals surface area contributed by atoms with E-state index in [1.54, 1.807) is 0 Å².